The van der Waals surface area contributed by atoms with Crippen molar-refractivity contribution in [1.29, 1.82) is 0 Å². The zero-order valence-corrected chi connectivity index (χ0v) is 16.2. The zero-order valence-electron chi connectivity index (χ0n) is 16.2. The molecular weight excluding hydrogens is 435 g/mol. The van der Waals surface area contributed by atoms with Crippen LogP contribution in [0, 0.1) is 0 Å². The minimum Gasteiger partial charge on any atom is -0.428 e. The monoisotopic (exact) mass is 455 g/mol. The predicted molar refractivity (Wildman–Crippen MR) is 98.2 cm³/mol. The van der Waals surface area contributed by atoms with E-state index in [1.807, 2.05) is 0 Å². The molecule has 2 unspecified atom stereocenters. The summed E-state index contributed by atoms with van der Waals surface area (Å²) < 4.78 is 93.7. The van der Waals surface area contributed by atoms with E-state index in [9.17, 15) is 40.9 Å². The van der Waals surface area contributed by atoms with Crippen LogP contribution in [0.25, 0.3) is 0 Å². The molecule has 0 radical (unpaired) electrons. The van der Waals surface area contributed by atoms with Gasteiger partial charge in [0.1, 0.15) is 5.75 Å². The van der Waals surface area contributed by atoms with Crippen molar-refractivity contribution < 1.29 is 45.7 Å². The molecule has 2 aromatic carbocycles. The summed E-state index contributed by atoms with van der Waals surface area (Å²) in [6.45, 7) is 0.261. The highest BCUT2D eigenvalue weighted by Crippen LogP contribution is 2.30. The lowest BCUT2D eigenvalue weighted by atomic mass is 10.1. The van der Waals surface area contributed by atoms with Crippen LogP contribution in [-0.2, 0) is 6.54 Å². The maximum Gasteiger partial charge on any atom is 0.461 e. The van der Waals surface area contributed by atoms with Gasteiger partial charge in [-0.25, -0.2) is 0 Å². The summed E-state index contributed by atoms with van der Waals surface area (Å²) in [5.74, 6) is -0.600. The first-order valence-corrected chi connectivity index (χ1v) is 9.01. The largest absolute Gasteiger partial charge is 0.461 e. The van der Waals surface area contributed by atoms with Crippen molar-refractivity contribution >= 4 is 5.69 Å². The highest BCUT2D eigenvalue weighted by Gasteiger charge is 2.44. The Kier molecular flexibility index (Phi) is 7.77. The quantitative estimate of drug-likeness (QED) is 0.528. The molecular formula is C20H20F7NO3. The van der Waals surface area contributed by atoms with Crippen LogP contribution in [0.1, 0.15) is 24.2 Å². The van der Waals surface area contributed by atoms with Gasteiger partial charge in [0, 0.05) is 12.2 Å². The average Bonchev–Trinajstić information content (AvgIpc) is 2.66. The van der Waals surface area contributed by atoms with Gasteiger partial charge in [0.05, 0.1) is 12.6 Å². The lowest BCUT2D eigenvalue weighted by molar-refractivity contribution is -0.253. The van der Waals surface area contributed by atoms with Crippen molar-refractivity contribution in [3.8, 4) is 5.75 Å². The highest BCUT2D eigenvalue weighted by molar-refractivity contribution is 5.50. The molecule has 0 aliphatic rings. The molecule has 0 fully saturated rings. The summed E-state index contributed by atoms with van der Waals surface area (Å²) >= 11 is 0. The Bertz CT molecular complexity index is 859. The molecule has 0 aromatic heterocycles. The highest BCUT2D eigenvalue weighted by atomic mass is 19.4. The standard InChI is InChI=1S/C20H20F7NO3/c1-12(29)14-5-3-6-15(9-14)28(11-17(30)19(23,24)25)10-13-4-2-7-16(8-13)31-20(26,27)18(21)22/h2-9,12,17-18,29-30H,10-11H2,1H3. The van der Waals surface area contributed by atoms with E-state index in [0.29, 0.717) is 5.56 Å². The molecule has 11 heteroatoms. The second-order valence-corrected chi connectivity index (χ2v) is 6.82. The summed E-state index contributed by atoms with van der Waals surface area (Å²) in [5.41, 5.74) is 0.781. The lowest BCUT2D eigenvalue weighted by Crippen LogP contribution is -2.41. The zero-order chi connectivity index (χ0) is 23.4. The molecule has 0 saturated heterocycles. The maximum absolute atomic E-state index is 13.2. The number of aliphatic hydroxyl groups excluding tert-OH is 2. The fourth-order valence-electron chi connectivity index (χ4n) is 2.68. The number of benzene rings is 2. The van der Waals surface area contributed by atoms with Gasteiger partial charge in [-0.05, 0) is 42.3 Å². The van der Waals surface area contributed by atoms with Crippen molar-refractivity contribution in [1.82, 2.24) is 0 Å². The number of hydrogen-bond acceptors (Lipinski definition) is 4. The van der Waals surface area contributed by atoms with E-state index in [0.717, 1.165) is 17.0 Å². The van der Waals surface area contributed by atoms with Crippen molar-refractivity contribution in [3.05, 3.63) is 59.7 Å². The van der Waals surface area contributed by atoms with Crippen LogP contribution in [0.4, 0.5) is 36.4 Å². The molecule has 0 bridgehead atoms. The Labute approximate surface area is 173 Å². The van der Waals surface area contributed by atoms with E-state index in [1.165, 1.54) is 37.3 Å². The third-order valence-corrected chi connectivity index (χ3v) is 4.27. The van der Waals surface area contributed by atoms with E-state index in [4.69, 9.17) is 0 Å². The van der Waals surface area contributed by atoms with Gasteiger partial charge in [-0.2, -0.15) is 30.7 Å². The van der Waals surface area contributed by atoms with Gasteiger partial charge >= 0.3 is 18.7 Å². The van der Waals surface area contributed by atoms with Crippen molar-refractivity contribution in [3.63, 3.8) is 0 Å². The first-order valence-electron chi connectivity index (χ1n) is 9.01. The van der Waals surface area contributed by atoms with Crippen LogP contribution in [-0.4, -0.2) is 41.6 Å². The topological polar surface area (TPSA) is 52.9 Å². The smallest absolute Gasteiger partial charge is 0.428 e. The lowest BCUT2D eigenvalue weighted by Gasteiger charge is -2.29. The molecule has 0 aliphatic heterocycles. The molecule has 31 heavy (non-hydrogen) atoms. The van der Waals surface area contributed by atoms with Crippen LogP contribution in [0.3, 0.4) is 0 Å². The van der Waals surface area contributed by atoms with Gasteiger partial charge in [0.2, 0.25) is 0 Å². The fourth-order valence-corrected chi connectivity index (χ4v) is 2.68. The Morgan fingerprint density at radius 2 is 1.61 bits per heavy atom. The van der Waals surface area contributed by atoms with Crippen LogP contribution < -0.4 is 9.64 Å². The normalized spacial score (nSPS) is 14.4. The van der Waals surface area contributed by atoms with Crippen LogP contribution >= 0.6 is 0 Å². The predicted octanol–water partition coefficient (Wildman–Crippen LogP) is 4.91. The van der Waals surface area contributed by atoms with Crippen LogP contribution in [0.5, 0.6) is 5.75 Å². The molecule has 0 heterocycles. The van der Waals surface area contributed by atoms with Crippen molar-refractivity contribution in [2.24, 2.45) is 0 Å². The number of aliphatic hydroxyl groups is 2. The number of nitrogens with zero attached hydrogens (tertiary/aromatic N) is 1. The Hall–Kier alpha value is -2.53. The van der Waals surface area contributed by atoms with E-state index < -0.39 is 43.2 Å². The number of halogens is 7. The molecule has 2 N–H and O–H groups in total. The van der Waals surface area contributed by atoms with Gasteiger partial charge in [-0.15, -0.1) is 0 Å². The number of hydrogen-bond donors (Lipinski definition) is 2. The summed E-state index contributed by atoms with van der Waals surface area (Å²) in [4.78, 5) is 1.12. The Morgan fingerprint density at radius 3 is 2.19 bits per heavy atom. The minimum atomic E-state index is -4.91. The summed E-state index contributed by atoms with van der Waals surface area (Å²) in [7, 11) is 0. The Balaban J connectivity index is 2.33. The molecule has 0 saturated carbocycles. The van der Waals surface area contributed by atoms with Crippen molar-refractivity contribution in [2.75, 3.05) is 11.4 Å². The maximum atomic E-state index is 13.2. The van der Waals surface area contributed by atoms with Gasteiger partial charge in [-0.3, -0.25) is 0 Å². The molecule has 0 spiro atoms. The minimum absolute atomic E-state index is 0.166. The summed E-state index contributed by atoms with van der Waals surface area (Å²) in [6, 6.07) is 10.5. The second-order valence-electron chi connectivity index (χ2n) is 6.82. The third kappa shape index (κ3) is 7.00. The fraction of sp³-hybridized carbons (Fsp3) is 0.400. The van der Waals surface area contributed by atoms with Crippen molar-refractivity contribution in [2.45, 2.75) is 44.4 Å². The van der Waals surface area contributed by atoms with E-state index >= 15 is 0 Å². The molecule has 172 valence electrons. The second kappa shape index (κ2) is 9.73. The van der Waals surface area contributed by atoms with E-state index in [1.54, 1.807) is 6.07 Å². The Morgan fingerprint density at radius 1 is 0.968 bits per heavy atom. The van der Waals surface area contributed by atoms with Crippen LogP contribution in [0.2, 0.25) is 0 Å². The van der Waals surface area contributed by atoms with E-state index in [-0.39, 0.29) is 17.8 Å². The summed E-state index contributed by atoms with van der Waals surface area (Å²) in [5, 5.41) is 19.2. The average molecular weight is 455 g/mol. The third-order valence-electron chi connectivity index (χ3n) is 4.27. The molecule has 2 aromatic rings. The van der Waals surface area contributed by atoms with Gasteiger partial charge in [0.15, 0.2) is 6.10 Å². The SMILES string of the molecule is CC(O)c1cccc(N(Cc2cccc(OC(F)(F)C(F)F)c2)CC(O)C(F)(F)F)c1. The first kappa shape index (κ1) is 24.7. The first-order chi connectivity index (χ1) is 14.3. The molecule has 0 amide bonds. The van der Waals surface area contributed by atoms with E-state index in [2.05, 4.69) is 4.74 Å². The number of rotatable bonds is 9. The van der Waals surface area contributed by atoms with Crippen LogP contribution in [0.15, 0.2) is 48.5 Å². The molecule has 2 atom stereocenters. The number of anilines is 1. The van der Waals surface area contributed by atoms with Gasteiger partial charge in [0.25, 0.3) is 0 Å². The summed E-state index contributed by atoms with van der Waals surface area (Å²) in [6.07, 6.45) is -17.4. The molecule has 0 aliphatic carbocycles. The van der Waals surface area contributed by atoms with Gasteiger partial charge < -0.3 is 19.8 Å². The molecule has 2 rings (SSSR count). The number of ether oxygens (including phenoxy) is 1. The molecule has 4 nitrogen and oxygen atoms in total. The number of alkyl halides is 7. The van der Waals surface area contributed by atoms with Gasteiger partial charge in [-0.1, -0.05) is 24.3 Å².